The van der Waals surface area contributed by atoms with Crippen LogP contribution in [0.3, 0.4) is 0 Å². The maximum absolute atomic E-state index is 11.5. The summed E-state index contributed by atoms with van der Waals surface area (Å²) in [6.07, 6.45) is 9.07. The molecule has 0 amide bonds. The lowest BCUT2D eigenvalue weighted by atomic mass is 9.85. The molecule has 15 heavy (non-hydrogen) atoms. The van der Waals surface area contributed by atoms with Crippen molar-refractivity contribution in [2.45, 2.75) is 51.4 Å². The summed E-state index contributed by atoms with van der Waals surface area (Å²) in [5.74, 6) is 2.02. The molecule has 0 aromatic carbocycles. The SMILES string of the molecule is O=C1CCCCC(CC2CCOCC2)C1. The third-order valence-electron chi connectivity index (χ3n) is 3.84. The van der Waals surface area contributed by atoms with E-state index in [2.05, 4.69) is 0 Å². The van der Waals surface area contributed by atoms with Gasteiger partial charge in [-0.2, -0.15) is 0 Å². The van der Waals surface area contributed by atoms with Crippen molar-refractivity contribution < 1.29 is 9.53 Å². The van der Waals surface area contributed by atoms with Crippen molar-refractivity contribution in [2.24, 2.45) is 11.8 Å². The second-order valence-corrected chi connectivity index (χ2v) is 5.15. The van der Waals surface area contributed by atoms with Crippen LogP contribution in [-0.4, -0.2) is 19.0 Å². The Labute approximate surface area is 92.4 Å². The molecule has 2 fully saturated rings. The highest BCUT2D eigenvalue weighted by Crippen LogP contribution is 2.30. The summed E-state index contributed by atoms with van der Waals surface area (Å²) in [4.78, 5) is 11.5. The fraction of sp³-hybridized carbons (Fsp3) is 0.923. The van der Waals surface area contributed by atoms with Crippen molar-refractivity contribution in [3.8, 4) is 0 Å². The van der Waals surface area contributed by atoms with E-state index in [0.717, 1.165) is 38.4 Å². The highest BCUT2D eigenvalue weighted by molar-refractivity contribution is 5.78. The summed E-state index contributed by atoms with van der Waals surface area (Å²) >= 11 is 0. The molecule has 1 saturated heterocycles. The standard InChI is InChI=1S/C13H22O2/c14-13-4-2-1-3-12(10-13)9-11-5-7-15-8-6-11/h11-12H,1-10H2. The van der Waals surface area contributed by atoms with Gasteiger partial charge in [0.05, 0.1) is 0 Å². The van der Waals surface area contributed by atoms with Gasteiger partial charge in [-0.05, 0) is 37.5 Å². The van der Waals surface area contributed by atoms with Crippen LogP contribution in [0.1, 0.15) is 51.4 Å². The fourth-order valence-corrected chi connectivity index (χ4v) is 2.94. The van der Waals surface area contributed by atoms with Crippen LogP contribution in [0, 0.1) is 11.8 Å². The molecule has 0 N–H and O–H groups in total. The van der Waals surface area contributed by atoms with Gasteiger partial charge in [-0.1, -0.05) is 12.8 Å². The topological polar surface area (TPSA) is 26.3 Å². The van der Waals surface area contributed by atoms with E-state index in [4.69, 9.17) is 4.74 Å². The Morgan fingerprint density at radius 3 is 2.67 bits per heavy atom. The van der Waals surface area contributed by atoms with Crippen molar-refractivity contribution in [1.29, 1.82) is 0 Å². The van der Waals surface area contributed by atoms with Crippen molar-refractivity contribution in [2.75, 3.05) is 13.2 Å². The van der Waals surface area contributed by atoms with E-state index >= 15 is 0 Å². The van der Waals surface area contributed by atoms with Gasteiger partial charge in [-0.15, -0.1) is 0 Å². The Morgan fingerprint density at radius 1 is 1.07 bits per heavy atom. The smallest absolute Gasteiger partial charge is 0.133 e. The molecule has 86 valence electrons. The Kier molecular flexibility index (Phi) is 4.18. The van der Waals surface area contributed by atoms with Crippen LogP contribution in [-0.2, 0) is 9.53 Å². The maximum atomic E-state index is 11.5. The minimum absolute atomic E-state index is 0.504. The number of rotatable bonds is 2. The number of hydrogen-bond donors (Lipinski definition) is 0. The average molecular weight is 210 g/mol. The lowest BCUT2D eigenvalue weighted by Gasteiger charge is -2.25. The minimum Gasteiger partial charge on any atom is -0.381 e. The predicted octanol–water partition coefficient (Wildman–Crippen LogP) is 2.95. The zero-order valence-electron chi connectivity index (χ0n) is 9.54. The lowest BCUT2D eigenvalue weighted by molar-refractivity contribution is -0.119. The third-order valence-corrected chi connectivity index (χ3v) is 3.84. The van der Waals surface area contributed by atoms with Crippen LogP contribution in [0.5, 0.6) is 0 Å². The number of carbonyl (C=O) groups is 1. The highest BCUT2D eigenvalue weighted by Gasteiger charge is 2.22. The summed E-state index contributed by atoms with van der Waals surface area (Å²) in [6.45, 7) is 1.87. The van der Waals surface area contributed by atoms with Gasteiger partial charge in [0.25, 0.3) is 0 Å². The van der Waals surface area contributed by atoms with Crippen LogP contribution in [0.15, 0.2) is 0 Å². The van der Waals surface area contributed by atoms with Crippen LogP contribution in [0.4, 0.5) is 0 Å². The summed E-state index contributed by atoms with van der Waals surface area (Å²) < 4.78 is 5.37. The van der Waals surface area contributed by atoms with E-state index in [1.54, 1.807) is 0 Å². The molecule has 0 bridgehead atoms. The zero-order valence-corrected chi connectivity index (χ0v) is 9.54. The minimum atomic E-state index is 0.504. The van der Waals surface area contributed by atoms with Gasteiger partial charge >= 0.3 is 0 Å². The zero-order chi connectivity index (χ0) is 10.5. The first-order valence-corrected chi connectivity index (χ1v) is 6.44. The second-order valence-electron chi connectivity index (χ2n) is 5.15. The van der Waals surface area contributed by atoms with E-state index in [0.29, 0.717) is 11.7 Å². The monoisotopic (exact) mass is 210 g/mol. The van der Waals surface area contributed by atoms with Crippen LogP contribution in [0.25, 0.3) is 0 Å². The van der Waals surface area contributed by atoms with Gasteiger partial charge in [0, 0.05) is 26.1 Å². The molecule has 2 aliphatic rings. The van der Waals surface area contributed by atoms with E-state index in [1.165, 1.54) is 32.1 Å². The second kappa shape index (κ2) is 5.64. The molecule has 0 aromatic heterocycles. The van der Waals surface area contributed by atoms with E-state index in [9.17, 15) is 4.79 Å². The fourth-order valence-electron chi connectivity index (χ4n) is 2.94. The van der Waals surface area contributed by atoms with Crippen molar-refractivity contribution in [3.05, 3.63) is 0 Å². The molecule has 1 saturated carbocycles. The van der Waals surface area contributed by atoms with Gasteiger partial charge in [0.15, 0.2) is 0 Å². The molecule has 1 heterocycles. The van der Waals surface area contributed by atoms with E-state index in [1.807, 2.05) is 0 Å². The Bertz CT molecular complexity index is 207. The first kappa shape index (κ1) is 11.1. The van der Waals surface area contributed by atoms with Crippen molar-refractivity contribution in [1.82, 2.24) is 0 Å². The summed E-state index contributed by atoms with van der Waals surface area (Å²) in [5, 5.41) is 0. The average Bonchev–Trinajstić information content (AvgIpc) is 2.44. The van der Waals surface area contributed by atoms with Gasteiger partial charge in [0.1, 0.15) is 5.78 Å². The van der Waals surface area contributed by atoms with Gasteiger partial charge in [-0.25, -0.2) is 0 Å². The number of ether oxygens (including phenoxy) is 1. The van der Waals surface area contributed by atoms with E-state index < -0.39 is 0 Å². The molecular weight excluding hydrogens is 188 g/mol. The summed E-state index contributed by atoms with van der Waals surface area (Å²) in [6, 6.07) is 0. The predicted molar refractivity (Wildman–Crippen MR) is 59.7 cm³/mol. The Morgan fingerprint density at radius 2 is 1.87 bits per heavy atom. The molecule has 1 aliphatic carbocycles. The van der Waals surface area contributed by atoms with E-state index in [-0.39, 0.29) is 0 Å². The molecule has 1 unspecified atom stereocenters. The molecule has 0 spiro atoms. The molecule has 2 heteroatoms. The summed E-state index contributed by atoms with van der Waals surface area (Å²) in [5.41, 5.74) is 0. The quantitative estimate of drug-likeness (QED) is 0.655. The summed E-state index contributed by atoms with van der Waals surface area (Å²) in [7, 11) is 0. The lowest BCUT2D eigenvalue weighted by Crippen LogP contribution is -2.19. The number of Topliss-reactive ketones (excluding diaryl/α,β-unsaturated/α-hetero) is 1. The van der Waals surface area contributed by atoms with Gasteiger partial charge < -0.3 is 4.74 Å². The van der Waals surface area contributed by atoms with Gasteiger partial charge in [-0.3, -0.25) is 4.79 Å². The molecule has 2 nitrogen and oxygen atoms in total. The van der Waals surface area contributed by atoms with Crippen LogP contribution < -0.4 is 0 Å². The van der Waals surface area contributed by atoms with Gasteiger partial charge in [0.2, 0.25) is 0 Å². The Balaban J connectivity index is 1.78. The first-order chi connectivity index (χ1) is 7.34. The van der Waals surface area contributed by atoms with Crippen molar-refractivity contribution in [3.63, 3.8) is 0 Å². The third kappa shape index (κ3) is 3.60. The molecule has 1 aliphatic heterocycles. The molecule has 0 radical (unpaired) electrons. The first-order valence-electron chi connectivity index (χ1n) is 6.44. The number of ketones is 1. The molecule has 2 rings (SSSR count). The highest BCUT2D eigenvalue weighted by atomic mass is 16.5. The normalized spacial score (nSPS) is 30.1. The van der Waals surface area contributed by atoms with Crippen LogP contribution in [0.2, 0.25) is 0 Å². The Hall–Kier alpha value is -0.370. The van der Waals surface area contributed by atoms with Crippen LogP contribution >= 0.6 is 0 Å². The number of hydrogen-bond acceptors (Lipinski definition) is 2. The molecular formula is C13H22O2. The number of carbonyl (C=O) groups excluding carboxylic acids is 1. The largest absolute Gasteiger partial charge is 0.381 e. The van der Waals surface area contributed by atoms with Crippen molar-refractivity contribution >= 4 is 5.78 Å². The molecule has 0 aromatic rings. The molecule has 1 atom stereocenters. The maximum Gasteiger partial charge on any atom is 0.133 e.